The molecule has 0 spiro atoms. The maximum atomic E-state index is 11.0. The van der Waals surface area contributed by atoms with Gasteiger partial charge in [-0.2, -0.15) is 4.57 Å². The molecular weight excluding hydrogens is 659 g/mol. The van der Waals surface area contributed by atoms with Crippen LogP contribution in [0.25, 0.3) is 16.3 Å². The van der Waals surface area contributed by atoms with E-state index >= 15 is 0 Å². The lowest BCUT2D eigenvalue weighted by Crippen LogP contribution is -2.35. The molecule has 0 N–H and O–H groups in total. The van der Waals surface area contributed by atoms with Gasteiger partial charge in [-0.25, -0.2) is 16.8 Å². The average Bonchev–Trinajstić information content (AvgIpc) is 3.42. The number of halogens is 2. The first-order valence-corrected chi connectivity index (χ1v) is 18.6. The van der Waals surface area contributed by atoms with E-state index in [0.717, 1.165) is 36.4 Å². The molecule has 0 radical (unpaired) electrons. The smallest absolute Gasteiger partial charge is 0.262 e. The molecule has 8 nitrogen and oxygen atoms in total. The first-order chi connectivity index (χ1) is 19.8. The van der Waals surface area contributed by atoms with Crippen LogP contribution in [0.4, 0.5) is 5.69 Å². The Morgan fingerprint density at radius 2 is 1.62 bits per heavy atom. The van der Waals surface area contributed by atoms with Crippen molar-refractivity contribution >= 4 is 88.5 Å². The number of rotatable bonds is 13. The molecule has 0 saturated heterocycles. The number of unbranched alkanes of at least 4 members (excludes halogenated alkanes) is 2. The van der Waals surface area contributed by atoms with Gasteiger partial charge in [-0.15, -0.1) is 0 Å². The number of benzene rings is 2. The molecule has 0 atom stereocenters. The minimum atomic E-state index is -4.25. The van der Waals surface area contributed by atoms with E-state index in [1.54, 1.807) is 23.1 Å². The van der Waals surface area contributed by atoms with E-state index in [4.69, 9.17) is 23.2 Å². The first-order valence-electron chi connectivity index (χ1n) is 13.1. The zero-order valence-electron chi connectivity index (χ0n) is 22.7. The van der Waals surface area contributed by atoms with Crippen LogP contribution in [-0.2, 0) is 26.8 Å². The molecule has 0 unspecified atom stereocenters. The molecule has 0 aliphatic carbocycles. The molecule has 226 valence electrons. The van der Waals surface area contributed by atoms with Crippen molar-refractivity contribution in [3.05, 3.63) is 80.3 Å². The third-order valence-electron chi connectivity index (χ3n) is 6.41. The number of thioether (sulfide) groups is 1. The summed E-state index contributed by atoms with van der Waals surface area (Å²) in [6.07, 6.45) is 9.62. The summed E-state index contributed by atoms with van der Waals surface area (Å²) < 4.78 is 69.2. The van der Waals surface area contributed by atoms with Crippen LogP contribution in [-0.4, -0.2) is 44.0 Å². The molecule has 2 aromatic carbocycles. The van der Waals surface area contributed by atoms with Gasteiger partial charge in [0.05, 0.1) is 31.0 Å². The summed E-state index contributed by atoms with van der Waals surface area (Å²) in [5.41, 5.74) is 2.87. The van der Waals surface area contributed by atoms with Crippen LogP contribution in [0.1, 0.15) is 37.6 Å². The van der Waals surface area contributed by atoms with Gasteiger partial charge in [0.25, 0.3) is 5.01 Å². The molecule has 1 aliphatic heterocycles. The number of nitrogens with zero attached hydrogens (tertiary/aromatic N) is 2. The molecule has 1 aromatic heterocycles. The summed E-state index contributed by atoms with van der Waals surface area (Å²) in [6, 6.07) is 11.3. The van der Waals surface area contributed by atoms with Crippen LogP contribution in [0.5, 0.6) is 0 Å². The molecular formula is C28H29Cl2N2O6S4-. The lowest BCUT2D eigenvalue weighted by molar-refractivity contribution is -0.669. The Kier molecular flexibility index (Phi) is 11.2. The Morgan fingerprint density at radius 3 is 2.33 bits per heavy atom. The zero-order chi connectivity index (χ0) is 30.5. The molecule has 0 bridgehead atoms. The van der Waals surface area contributed by atoms with Gasteiger partial charge in [0, 0.05) is 51.6 Å². The van der Waals surface area contributed by atoms with Crippen molar-refractivity contribution in [2.24, 2.45) is 0 Å². The number of thiazole rings is 1. The maximum Gasteiger partial charge on any atom is 0.262 e. The summed E-state index contributed by atoms with van der Waals surface area (Å²) in [5.74, 6) is -0.776. The Hall–Kier alpha value is -1.90. The van der Waals surface area contributed by atoms with Gasteiger partial charge in [0.1, 0.15) is 4.70 Å². The van der Waals surface area contributed by atoms with Gasteiger partial charge in [0.15, 0.2) is 6.54 Å². The molecule has 0 saturated carbocycles. The largest absolute Gasteiger partial charge is 0.748 e. The Labute approximate surface area is 264 Å². The van der Waals surface area contributed by atoms with Crippen LogP contribution in [0, 0.1) is 0 Å². The van der Waals surface area contributed by atoms with E-state index in [9.17, 15) is 25.9 Å². The fraction of sp³-hybridized carbons (Fsp3) is 0.321. The summed E-state index contributed by atoms with van der Waals surface area (Å²) in [7, 11) is -8.50. The quantitative estimate of drug-likeness (QED) is 0.0857. The number of anilines is 1. The second kappa shape index (κ2) is 14.3. The normalized spacial score (nSPS) is 15.4. The highest BCUT2D eigenvalue weighted by Gasteiger charge is 2.25. The molecule has 42 heavy (non-hydrogen) atoms. The summed E-state index contributed by atoms with van der Waals surface area (Å²) >= 11 is 15.7. The van der Waals surface area contributed by atoms with Crippen LogP contribution < -0.4 is 9.47 Å². The molecule has 4 rings (SSSR count). The maximum absolute atomic E-state index is 11.0. The number of aromatic nitrogens is 1. The van der Waals surface area contributed by atoms with E-state index in [0.29, 0.717) is 36.0 Å². The van der Waals surface area contributed by atoms with E-state index in [1.807, 2.05) is 67.6 Å². The first kappa shape index (κ1) is 33.0. The Morgan fingerprint density at radius 1 is 0.952 bits per heavy atom. The number of allylic oxidation sites excluding steroid dienone is 4. The predicted octanol–water partition coefficient (Wildman–Crippen LogP) is 6.56. The standard InChI is InChI=1S/C28H30Cl2N2O6S4/c1-20(6-12-27-31(14-2-4-16-41(33,34)35)23-18-21(29)8-10-25(23)39-27)7-13-28-32(15-3-5-17-42(36,37)38)24-19-22(30)9-11-26(24)40-28/h6-13,18-19H,2-5,14-17H2,1H3,(H-,33,34,35,36,37,38)/p-1. The van der Waals surface area contributed by atoms with Gasteiger partial charge < -0.3 is 14.0 Å². The molecule has 0 fully saturated rings. The van der Waals surface area contributed by atoms with Gasteiger partial charge in [0.2, 0.25) is 5.52 Å². The van der Waals surface area contributed by atoms with Crippen molar-refractivity contribution in [3.63, 3.8) is 0 Å². The van der Waals surface area contributed by atoms with Crippen molar-refractivity contribution in [3.8, 4) is 0 Å². The number of hydrogen-bond donors (Lipinski definition) is 0. The van der Waals surface area contributed by atoms with E-state index in [1.165, 1.54) is 0 Å². The van der Waals surface area contributed by atoms with E-state index < -0.39 is 20.2 Å². The second-order valence-corrected chi connectivity index (χ2v) is 15.8. The number of aryl methyl sites for hydroxylation is 1. The van der Waals surface area contributed by atoms with Gasteiger partial charge in [-0.1, -0.05) is 64.0 Å². The SMILES string of the molecule is CC(/C=C/c1sc2ccc(Cl)cc2[n+]1CCCCS(=O)(=O)[O-])=C\C=C1\Sc2ccc(Cl)cc2N1CCCCS(=O)(=O)[O-]. The van der Waals surface area contributed by atoms with Gasteiger partial charge >= 0.3 is 0 Å². The summed E-state index contributed by atoms with van der Waals surface area (Å²) in [5, 5.41) is 3.13. The van der Waals surface area contributed by atoms with Crippen molar-refractivity contribution in [1.82, 2.24) is 0 Å². The summed E-state index contributed by atoms with van der Waals surface area (Å²) in [4.78, 5) is 3.13. The average molecular weight is 689 g/mol. The third kappa shape index (κ3) is 9.55. The minimum Gasteiger partial charge on any atom is -0.748 e. The lowest BCUT2D eigenvalue weighted by atomic mass is 10.2. The number of fused-ring (bicyclic) bond motifs is 2. The highest BCUT2D eigenvalue weighted by molar-refractivity contribution is 8.03. The Bertz CT molecular complexity index is 1770. The van der Waals surface area contributed by atoms with Gasteiger partial charge in [-0.3, -0.25) is 0 Å². The molecule has 0 amide bonds. The second-order valence-electron chi connectivity index (χ2n) is 9.76. The molecule has 1 aliphatic rings. The highest BCUT2D eigenvalue weighted by Crippen LogP contribution is 2.47. The van der Waals surface area contributed by atoms with Crippen LogP contribution >= 0.6 is 46.3 Å². The van der Waals surface area contributed by atoms with Crippen molar-refractivity contribution in [2.45, 2.75) is 44.0 Å². The third-order valence-corrected chi connectivity index (χ3v) is 10.7. The van der Waals surface area contributed by atoms with Gasteiger partial charge in [-0.05, 0) is 62.6 Å². The minimum absolute atomic E-state index is 0.279. The molecule has 2 heterocycles. The topological polar surface area (TPSA) is 122 Å². The van der Waals surface area contributed by atoms with E-state index in [-0.39, 0.29) is 24.3 Å². The van der Waals surface area contributed by atoms with Crippen molar-refractivity contribution in [2.75, 3.05) is 23.0 Å². The Balaban J connectivity index is 1.53. The molecule has 3 aromatic rings. The lowest BCUT2D eigenvalue weighted by Gasteiger charge is -2.20. The van der Waals surface area contributed by atoms with Crippen molar-refractivity contribution < 1.29 is 30.5 Å². The predicted molar refractivity (Wildman–Crippen MR) is 170 cm³/mol. The van der Waals surface area contributed by atoms with E-state index in [2.05, 4.69) is 9.47 Å². The monoisotopic (exact) mass is 687 g/mol. The summed E-state index contributed by atoms with van der Waals surface area (Å²) in [6.45, 7) is 3.07. The fourth-order valence-corrected chi connectivity index (χ4v) is 8.01. The van der Waals surface area contributed by atoms with Crippen molar-refractivity contribution in [1.29, 1.82) is 0 Å². The zero-order valence-corrected chi connectivity index (χ0v) is 27.4. The van der Waals surface area contributed by atoms with Crippen LogP contribution in [0.3, 0.4) is 0 Å². The van der Waals surface area contributed by atoms with Crippen LogP contribution in [0.2, 0.25) is 10.0 Å². The number of hydrogen-bond acceptors (Lipinski definition) is 9. The van der Waals surface area contributed by atoms with Crippen LogP contribution in [0.15, 0.2) is 70.1 Å². The highest BCUT2D eigenvalue weighted by atomic mass is 35.5. The molecule has 14 heteroatoms. The fourth-order valence-electron chi connectivity index (χ4n) is 4.42.